The summed E-state index contributed by atoms with van der Waals surface area (Å²) in [5.41, 5.74) is 8.20. The molecule has 1 atom stereocenters. The lowest BCUT2D eigenvalue weighted by molar-refractivity contribution is 0.00534. The third-order valence-corrected chi connectivity index (χ3v) is 1.04. The molecule has 1 rings (SSSR count). The highest BCUT2D eigenvalue weighted by Gasteiger charge is 2.05. The minimum Gasteiger partial charge on any atom is -0.326 e. The lowest BCUT2D eigenvalue weighted by Gasteiger charge is -2.17. The molecule has 1 saturated heterocycles. The summed E-state index contributed by atoms with van der Waals surface area (Å²) in [6.45, 7) is 1.54. The second-order valence-electron chi connectivity index (χ2n) is 1.75. The van der Waals surface area contributed by atoms with Gasteiger partial charge in [-0.25, -0.2) is 5.48 Å². The largest absolute Gasteiger partial charge is 0.326 e. The van der Waals surface area contributed by atoms with Crippen LogP contribution in [0.5, 0.6) is 0 Å². The smallest absolute Gasteiger partial charge is 0.0697 e. The van der Waals surface area contributed by atoms with Crippen LogP contribution in [0.3, 0.4) is 0 Å². The highest BCUT2D eigenvalue weighted by atomic mass is 16.6. The molecule has 3 heteroatoms. The molecule has 1 aliphatic rings. The van der Waals surface area contributed by atoms with Gasteiger partial charge in [-0.3, -0.25) is 0 Å². The molecule has 0 amide bonds. The maximum absolute atomic E-state index is 5.49. The SMILES string of the molecule is NC1CCONC1. The molecule has 7 heavy (non-hydrogen) atoms. The summed E-state index contributed by atoms with van der Waals surface area (Å²) in [6.07, 6.45) is 0.979. The zero-order chi connectivity index (χ0) is 5.11. The van der Waals surface area contributed by atoms with Gasteiger partial charge in [0.1, 0.15) is 0 Å². The third-order valence-electron chi connectivity index (χ3n) is 1.04. The molecule has 0 aromatic carbocycles. The van der Waals surface area contributed by atoms with Crippen LogP contribution < -0.4 is 11.2 Å². The van der Waals surface area contributed by atoms with Crippen molar-refractivity contribution in [1.29, 1.82) is 0 Å². The number of nitrogens with one attached hydrogen (secondary N) is 1. The average molecular weight is 102 g/mol. The molecule has 0 aromatic heterocycles. The fraction of sp³-hybridized carbons (Fsp3) is 1.00. The number of hydrogen-bond acceptors (Lipinski definition) is 3. The number of hydroxylamine groups is 1. The Hall–Kier alpha value is -0.120. The first-order valence-corrected chi connectivity index (χ1v) is 2.50. The Bertz CT molecular complexity index is 51.7. The Labute approximate surface area is 42.8 Å². The topological polar surface area (TPSA) is 47.3 Å². The van der Waals surface area contributed by atoms with Gasteiger partial charge in [0, 0.05) is 12.6 Å². The zero-order valence-corrected chi connectivity index (χ0v) is 4.18. The van der Waals surface area contributed by atoms with Crippen LogP contribution in [-0.2, 0) is 4.84 Å². The third kappa shape index (κ3) is 1.43. The van der Waals surface area contributed by atoms with Gasteiger partial charge in [-0.15, -0.1) is 0 Å². The molecular weight excluding hydrogens is 92.1 g/mol. The molecule has 0 saturated carbocycles. The Morgan fingerprint density at radius 2 is 2.57 bits per heavy atom. The van der Waals surface area contributed by atoms with Gasteiger partial charge in [0.05, 0.1) is 6.61 Å². The van der Waals surface area contributed by atoms with Gasteiger partial charge in [-0.05, 0) is 6.42 Å². The second kappa shape index (κ2) is 2.26. The van der Waals surface area contributed by atoms with Crippen LogP contribution in [0, 0.1) is 0 Å². The van der Waals surface area contributed by atoms with Crippen LogP contribution >= 0.6 is 0 Å². The van der Waals surface area contributed by atoms with E-state index >= 15 is 0 Å². The van der Waals surface area contributed by atoms with E-state index < -0.39 is 0 Å². The molecule has 0 aromatic rings. The van der Waals surface area contributed by atoms with E-state index in [1.54, 1.807) is 0 Å². The van der Waals surface area contributed by atoms with Gasteiger partial charge in [-0.1, -0.05) is 0 Å². The van der Waals surface area contributed by atoms with Crippen LogP contribution in [0.25, 0.3) is 0 Å². The molecule has 3 N–H and O–H groups in total. The van der Waals surface area contributed by atoms with Gasteiger partial charge in [0.15, 0.2) is 0 Å². The van der Waals surface area contributed by atoms with Crippen LogP contribution in [0.2, 0.25) is 0 Å². The monoisotopic (exact) mass is 102 g/mol. The van der Waals surface area contributed by atoms with Gasteiger partial charge in [-0.2, -0.15) is 0 Å². The van der Waals surface area contributed by atoms with Crippen molar-refractivity contribution in [3.8, 4) is 0 Å². The van der Waals surface area contributed by atoms with E-state index in [0.717, 1.165) is 19.6 Å². The Morgan fingerprint density at radius 3 is 2.86 bits per heavy atom. The minimum absolute atomic E-state index is 0.300. The van der Waals surface area contributed by atoms with Crippen molar-refractivity contribution in [3.05, 3.63) is 0 Å². The summed E-state index contributed by atoms with van der Waals surface area (Å²) < 4.78 is 0. The molecule has 0 radical (unpaired) electrons. The molecule has 1 heterocycles. The highest BCUT2D eigenvalue weighted by Crippen LogP contribution is 1.91. The summed E-state index contributed by atoms with van der Waals surface area (Å²) in [7, 11) is 0. The molecular formula is C4H10N2O. The van der Waals surface area contributed by atoms with Crippen molar-refractivity contribution in [2.75, 3.05) is 13.2 Å². The molecule has 0 spiro atoms. The molecule has 1 fully saturated rings. The van der Waals surface area contributed by atoms with E-state index in [-0.39, 0.29) is 0 Å². The first kappa shape index (κ1) is 5.03. The van der Waals surface area contributed by atoms with Crippen molar-refractivity contribution < 1.29 is 4.84 Å². The Kier molecular flexibility index (Phi) is 1.62. The molecule has 0 bridgehead atoms. The summed E-state index contributed by atoms with van der Waals surface area (Å²) in [4.78, 5) is 4.81. The standard InChI is InChI=1S/C4H10N2O/c5-4-1-2-7-6-3-4/h4,6H,1-3,5H2. The highest BCUT2D eigenvalue weighted by molar-refractivity contribution is 4.63. The van der Waals surface area contributed by atoms with Crippen LogP contribution in [0.15, 0.2) is 0 Å². The fourth-order valence-corrected chi connectivity index (χ4v) is 0.550. The lowest BCUT2D eigenvalue weighted by Crippen LogP contribution is -2.40. The maximum Gasteiger partial charge on any atom is 0.0697 e. The van der Waals surface area contributed by atoms with E-state index in [2.05, 4.69) is 5.48 Å². The van der Waals surface area contributed by atoms with Crippen LogP contribution in [-0.4, -0.2) is 19.2 Å². The van der Waals surface area contributed by atoms with Crippen molar-refractivity contribution in [3.63, 3.8) is 0 Å². The second-order valence-corrected chi connectivity index (χ2v) is 1.75. The van der Waals surface area contributed by atoms with E-state index in [1.165, 1.54) is 0 Å². The van der Waals surface area contributed by atoms with Gasteiger partial charge in [0.2, 0.25) is 0 Å². The van der Waals surface area contributed by atoms with E-state index in [1.807, 2.05) is 0 Å². The molecule has 0 aliphatic carbocycles. The lowest BCUT2D eigenvalue weighted by atomic mass is 10.2. The first-order valence-electron chi connectivity index (χ1n) is 2.50. The molecule has 1 aliphatic heterocycles. The minimum atomic E-state index is 0.300. The van der Waals surface area contributed by atoms with Gasteiger partial charge < -0.3 is 10.6 Å². The van der Waals surface area contributed by atoms with Crippen LogP contribution in [0.1, 0.15) is 6.42 Å². The normalized spacial score (nSPS) is 33.0. The molecule has 42 valence electrons. The number of rotatable bonds is 0. The Morgan fingerprint density at radius 1 is 1.71 bits per heavy atom. The Balaban J connectivity index is 2.12. The number of hydrogen-bond donors (Lipinski definition) is 2. The fourth-order valence-electron chi connectivity index (χ4n) is 0.550. The van der Waals surface area contributed by atoms with Gasteiger partial charge in [0.25, 0.3) is 0 Å². The van der Waals surface area contributed by atoms with E-state index in [0.29, 0.717) is 6.04 Å². The van der Waals surface area contributed by atoms with Gasteiger partial charge >= 0.3 is 0 Å². The quantitative estimate of drug-likeness (QED) is 0.422. The van der Waals surface area contributed by atoms with Crippen molar-refractivity contribution in [2.45, 2.75) is 12.5 Å². The maximum atomic E-state index is 5.49. The van der Waals surface area contributed by atoms with Crippen molar-refractivity contribution in [2.24, 2.45) is 5.73 Å². The van der Waals surface area contributed by atoms with E-state index in [9.17, 15) is 0 Å². The summed E-state index contributed by atoms with van der Waals surface area (Å²) in [5, 5.41) is 0. The molecule has 3 nitrogen and oxygen atoms in total. The summed E-state index contributed by atoms with van der Waals surface area (Å²) >= 11 is 0. The van der Waals surface area contributed by atoms with Crippen LogP contribution in [0.4, 0.5) is 0 Å². The summed E-state index contributed by atoms with van der Waals surface area (Å²) in [5.74, 6) is 0. The number of nitrogens with two attached hydrogens (primary N) is 1. The van der Waals surface area contributed by atoms with Crippen molar-refractivity contribution >= 4 is 0 Å². The predicted octanol–water partition coefficient (Wildman–Crippen LogP) is -0.761. The average Bonchev–Trinajstić information content (AvgIpc) is 1.69. The predicted molar refractivity (Wildman–Crippen MR) is 26.5 cm³/mol. The first-order chi connectivity index (χ1) is 3.39. The molecule has 1 unspecified atom stereocenters. The van der Waals surface area contributed by atoms with Crippen molar-refractivity contribution in [1.82, 2.24) is 5.48 Å². The van der Waals surface area contributed by atoms with E-state index in [4.69, 9.17) is 10.6 Å². The zero-order valence-electron chi connectivity index (χ0n) is 4.18. The summed E-state index contributed by atoms with van der Waals surface area (Å²) in [6, 6.07) is 0.300.